The number of aliphatic hydroxyl groups is 1. The Bertz CT molecular complexity index is 453. The second kappa shape index (κ2) is 6.34. The van der Waals surface area contributed by atoms with Crippen molar-refractivity contribution in [1.82, 2.24) is 5.32 Å². The number of alkyl halides is 3. The molecule has 1 heterocycles. The summed E-state index contributed by atoms with van der Waals surface area (Å²) in [5.41, 5.74) is -0.320. The smallest absolute Gasteiger partial charge is 0.387 e. The van der Waals surface area contributed by atoms with E-state index in [1.165, 1.54) is 12.1 Å². The average Bonchev–Trinajstić information content (AvgIpc) is 2.45. The van der Waals surface area contributed by atoms with Gasteiger partial charge in [0.2, 0.25) is 0 Å². The first kappa shape index (κ1) is 16.3. The summed E-state index contributed by atoms with van der Waals surface area (Å²) < 4.78 is 42.7. The van der Waals surface area contributed by atoms with Crippen LogP contribution in [0, 0.1) is 0 Å². The van der Waals surface area contributed by atoms with Crippen LogP contribution in [0.4, 0.5) is 13.2 Å². The molecule has 118 valence electrons. The Morgan fingerprint density at radius 2 is 1.81 bits per heavy atom. The van der Waals surface area contributed by atoms with E-state index in [-0.39, 0.29) is 5.54 Å². The third kappa shape index (κ3) is 4.43. The van der Waals surface area contributed by atoms with E-state index in [1.807, 2.05) is 0 Å². The highest BCUT2D eigenvalue weighted by Gasteiger charge is 2.30. The zero-order valence-electron chi connectivity index (χ0n) is 11.9. The fourth-order valence-corrected chi connectivity index (χ4v) is 2.35. The van der Waals surface area contributed by atoms with Crippen molar-refractivity contribution >= 4 is 0 Å². The molecular weight excluding hydrogens is 283 g/mol. The van der Waals surface area contributed by atoms with E-state index in [9.17, 15) is 18.3 Å². The van der Waals surface area contributed by atoms with Gasteiger partial charge >= 0.3 is 6.18 Å². The monoisotopic (exact) mass is 303 g/mol. The van der Waals surface area contributed by atoms with Crippen LogP contribution in [0.3, 0.4) is 0 Å². The maximum Gasteiger partial charge on any atom is 0.416 e. The molecule has 1 aliphatic heterocycles. The van der Waals surface area contributed by atoms with Crippen LogP contribution < -0.4 is 5.32 Å². The lowest BCUT2D eigenvalue weighted by atomic mass is 9.92. The van der Waals surface area contributed by atoms with Gasteiger partial charge in [0.25, 0.3) is 0 Å². The number of β-amino-alcohol motifs (C(OH)–C–C–N with tert-alkyl or cyclic N) is 1. The van der Waals surface area contributed by atoms with Crippen molar-refractivity contribution in [3.8, 4) is 0 Å². The molecule has 1 atom stereocenters. The fourth-order valence-electron chi connectivity index (χ4n) is 2.35. The maximum absolute atomic E-state index is 12.5. The minimum Gasteiger partial charge on any atom is -0.387 e. The molecule has 0 saturated carbocycles. The third-order valence-corrected chi connectivity index (χ3v) is 3.94. The van der Waals surface area contributed by atoms with Gasteiger partial charge in [0.15, 0.2) is 0 Å². The summed E-state index contributed by atoms with van der Waals surface area (Å²) in [5, 5.41) is 13.4. The molecular formula is C15H20F3NO2. The lowest BCUT2D eigenvalue weighted by Crippen LogP contribution is -2.48. The first-order chi connectivity index (χ1) is 9.80. The van der Waals surface area contributed by atoms with Crippen LogP contribution in [-0.4, -0.2) is 30.4 Å². The lowest BCUT2D eigenvalue weighted by Gasteiger charge is -2.35. The molecule has 2 rings (SSSR count). The van der Waals surface area contributed by atoms with Crippen molar-refractivity contribution in [2.75, 3.05) is 19.8 Å². The number of halogens is 3. The summed E-state index contributed by atoms with van der Waals surface area (Å²) in [6.45, 7) is 3.73. The Labute approximate surface area is 122 Å². The lowest BCUT2D eigenvalue weighted by molar-refractivity contribution is -0.137. The number of rotatable bonds is 4. The molecule has 0 radical (unpaired) electrons. The Balaban J connectivity index is 1.92. The molecule has 1 unspecified atom stereocenters. The number of nitrogens with one attached hydrogen (secondary N) is 1. The zero-order valence-corrected chi connectivity index (χ0v) is 11.9. The summed E-state index contributed by atoms with van der Waals surface area (Å²) in [4.78, 5) is 0. The van der Waals surface area contributed by atoms with Gasteiger partial charge in [0.1, 0.15) is 0 Å². The Hall–Kier alpha value is -1.11. The van der Waals surface area contributed by atoms with E-state index in [4.69, 9.17) is 4.74 Å². The van der Waals surface area contributed by atoms with E-state index in [1.54, 1.807) is 0 Å². The summed E-state index contributed by atoms with van der Waals surface area (Å²) in [6, 6.07) is 4.63. The Morgan fingerprint density at radius 1 is 1.24 bits per heavy atom. The number of hydrogen-bond donors (Lipinski definition) is 2. The molecule has 0 bridgehead atoms. The van der Waals surface area contributed by atoms with Gasteiger partial charge in [-0.05, 0) is 37.5 Å². The van der Waals surface area contributed by atoms with E-state index in [0.29, 0.717) is 25.3 Å². The molecule has 0 spiro atoms. The maximum atomic E-state index is 12.5. The van der Waals surface area contributed by atoms with Crippen molar-refractivity contribution < 1.29 is 23.0 Å². The van der Waals surface area contributed by atoms with Crippen molar-refractivity contribution in [3.63, 3.8) is 0 Å². The molecule has 0 amide bonds. The molecule has 1 aromatic carbocycles. The number of benzene rings is 1. The summed E-state index contributed by atoms with van der Waals surface area (Å²) in [7, 11) is 0. The average molecular weight is 303 g/mol. The molecule has 2 N–H and O–H groups in total. The van der Waals surface area contributed by atoms with E-state index in [0.717, 1.165) is 25.0 Å². The van der Waals surface area contributed by atoms with Crippen LogP contribution in [0.15, 0.2) is 24.3 Å². The van der Waals surface area contributed by atoms with Crippen LogP contribution >= 0.6 is 0 Å². The topological polar surface area (TPSA) is 41.5 Å². The molecule has 3 nitrogen and oxygen atoms in total. The zero-order chi connectivity index (χ0) is 15.5. The first-order valence-corrected chi connectivity index (χ1v) is 6.98. The van der Waals surface area contributed by atoms with E-state index >= 15 is 0 Å². The van der Waals surface area contributed by atoms with Gasteiger partial charge in [-0.25, -0.2) is 0 Å². The van der Waals surface area contributed by atoms with Crippen molar-refractivity contribution in [3.05, 3.63) is 35.4 Å². The predicted molar refractivity (Wildman–Crippen MR) is 72.9 cm³/mol. The van der Waals surface area contributed by atoms with Gasteiger partial charge in [0, 0.05) is 25.3 Å². The van der Waals surface area contributed by atoms with Crippen LogP contribution in [-0.2, 0) is 10.9 Å². The molecule has 21 heavy (non-hydrogen) atoms. The van der Waals surface area contributed by atoms with E-state index in [2.05, 4.69) is 12.2 Å². The number of aliphatic hydroxyl groups excluding tert-OH is 1. The van der Waals surface area contributed by atoms with Crippen LogP contribution in [0.1, 0.15) is 37.0 Å². The molecule has 1 aromatic rings. The van der Waals surface area contributed by atoms with Crippen LogP contribution in [0.25, 0.3) is 0 Å². The standard InChI is InChI=1S/C15H20F3NO2/c1-14(6-8-21-9-7-14)19-10-13(20)11-2-4-12(5-3-11)15(16,17)18/h2-5,13,19-20H,6-10H2,1H3. The van der Waals surface area contributed by atoms with Crippen molar-refractivity contribution in [2.45, 2.75) is 37.6 Å². The molecule has 0 aliphatic carbocycles. The van der Waals surface area contributed by atoms with Gasteiger partial charge in [-0.3, -0.25) is 0 Å². The van der Waals surface area contributed by atoms with Gasteiger partial charge in [-0.15, -0.1) is 0 Å². The van der Waals surface area contributed by atoms with Crippen LogP contribution in [0.2, 0.25) is 0 Å². The van der Waals surface area contributed by atoms with Crippen LogP contribution in [0.5, 0.6) is 0 Å². The molecule has 0 aromatic heterocycles. The number of ether oxygens (including phenoxy) is 1. The predicted octanol–water partition coefficient (Wildman–Crippen LogP) is 2.90. The second-order valence-electron chi connectivity index (χ2n) is 5.69. The Kier molecular flexibility index (Phi) is 4.91. The van der Waals surface area contributed by atoms with Crippen molar-refractivity contribution in [1.29, 1.82) is 0 Å². The van der Waals surface area contributed by atoms with Gasteiger partial charge in [-0.1, -0.05) is 12.1 Å². The molecule has 1 aliphatic rings. The van der Waals surface area contributed by atoms with Crippen molar-refractivity contribution in [2.24, 2.45) is 0 Å². The molecule has 1 saturated heterocycles. The first-order valence-electron chi connectivity index (χ1n) is 6.98. The van der Waals surface area contributed by atoms with E-state index < -0.39 is 17.8 Å². The number of hydrogen-bond acceptors (Lipinski definition) is 3. The van der Waals surface area contributed by atoms with Gasteiger partial charge < -0.3 is 15.2 Å². The summed E-state index contributed by atoms with van der Waals surface area (Å²) >= 11 is 0. The third-order valence-electron chi connectivity index (χ3n) is 3.94. The minimum atomic E-state index is -4.35. The summed E-state index contributed by atoms with van der Waals surface area (Å²) in [6.07, 6.45) is -3.47. The Morgan fingerprint density at radius 3 is 2.33 bits per heavy atom. The quantitative estimate of drug-likeness (QED) is 0.898. The second-order valence-corrected chi connectivity index (χ2v) is 5.69. The molecule has 6 heteroatoms. The van der Waals surface area contributed by atoms with Gasteiger partial charge in [0.05, 0.1) is 11.7 Å². The minimum absolute atomic E-state index is 0.0921. The molecule has 1 fully saturated rings. The summed E-state index contributed by atoms with van der Waals surface area (Å²) in [5.74, 6) is 0. The highest BCUT2D eigenvalue weighted by atomic mass is 19.4. The highest BCUT2D eigenvalue weighted by Crippen LogP contribution is 2.30. The van der Waals surface area contributed by atoms with Gasteiger partial charge in [-0.2, -0.15) is 13.2 Å². The SMILES string of the molecule is CC1(NCC(O)c2ccc(C(F)(F)F)cc2)CCOCC1. The largest absolute Gasteiger partial charge is 0.416 e. The highest BCUT2D eigenvalue weighted by molar-refractivity contribution is 5.26. The fraction of sp³-hybridized carbons (Fsp3) is 0.600. The normalized spacial score (nSPS) is 20.2.